The van der Waals surface area contributed by atoms with E-state index >= 15 is 0 Å². The van der Waals surface area contributed by atoms with E-state index in [0.29, 0.717) is 0 Å². The average Bonchev–Trinajstić information content (AvgIpc) is 1.38. The van der Waals surface area contributed by atoms with Crippen molar-refractivity contribution in [3.8, 4) is 0 Å². The summed E-state index contributed by atoms with van der Waals surface area (Å²) >= 11 is -0.152. The van der Waals surface area contributed by atoms with E-state index in [1.165, 1.54) is 0 Å². The molecule has 0 rings (SSSR count). The third-order valence-corrected chi connectivity index (χ3v) is 0.718. The summed E-state index contributed by atoms with van der Waals surface area (Å²) in [5.41, 5.74) is 0. The summed E-state index contributed by atoms with van der Waals surface area (Å²) in [6, 6.07) is 0. The van der Waals surface area contributed by atoms with Crippen LogP contribution >= 0.6 is 0 Å². The Morgan fingerprint density at radius 2 is 2.00 bits per heavy atom. The number of hydrogen-bond acceptors (Lipinski definition) is 0. The Labute approximate surface area is 44.8 Å². The van der Waals surface area contributed by atoms with Gasteiger partial charge >= 0.3 is 44.6 Å². The van der Waals surface area contributed by atoms with Gasteiger partial charge in [-0.25, -0.2) is 0 Å². The molecule has 3 heteroatoms. The van der Waals surface area contributed by atoms with Crippen molar-refractivity contribution < 1.29 is 34.9 Å². The molecule has 0 N–H and O–H groups in total. The molecule has 0 radical (unpaired) electrons. The van der Waals surface area contributed by atoms with Gasteiger partial charge in [-0.05, 0) is 0 Å². The van der Waals surface area contributed by atoms with E-state index in [1.807, 2.05) is 0 Å². The summed E-state index contributed by atoms with van der Waals surface area (Å²) in [6.07, 6.45) is 0.00309. The van der Waals surface area contributed by atoms with E-state index in [1.54, 1.807) is 0 Å². The molecule has 0 amide bonds. The van der Waals surface area contributed by atoms with Crippen molar-refractivity contribution >= 4 is 0 Å². The van der Waals surface area contributed by atoms with Crippen molar-refractivity contribution in [3.63, 3.8) is 0 Å². The Kier molecular flexibility index (Phi) is 3.05. The molecule has 0 aliphatic rings. The fourth-order valence-electron chi connectivity index (χ4n) is 0. The summed E-state index contributed by atoms with van der Waals surface area (Å²) in [6.45, 7) is 0. The predicted octanol–water partition coefficient (Wildman–Crippen LogP) is 1.27. The molecule has 0 spiro atoms. The molecule has 0 saturated carbocycles. The van der Waals surface area contributed by atoms with Gasteiger partial charge in [0.1, 0.15) is 0 Å². The molecule has 0 unspecified atom stereocenters. The molecule has 0 aromatic rings. The monoisotopic (exact) mass is 265 g/mol. The Balaban J connectivity index is 3.14. The molecule has 0 aromatic heterocycles. The van der Waals surface area contributed by atoms with Gasteiger partial charge in [0.25, 0.3) is 0 Å². The maximum absolute atomic E-state index is 11.0. The van der Waals surface area contributed by atoms with Crippen LogP contribution in [0.3, 0.4) is 0 Å². The fourth-order valence-corrected chi connectivity index (χ4v) is 0. The van der Waals surface area contributed by atoms with Crippen LogP contribution in [0.1, 0.15) is 0 Å². The summed E-state index contributed by atoms with van der Waals surface area (Å²) in [4.78, 5) is 0. The predicted molar refractivity (Wildman–Crippen MR) is 10.3 cm³/mol. The van der Waals surface area contributed by atoms with E-state index in [4.69, 9.17) is 0 Å². The Hall–Kier alpha value is 0.535. The van der Waals surface area contributed by atoms with Crippen molar-refractivity contribution in [2.45, 2.75) is 0 Å². The van der Waals surface area contributed by atoms with Gasteiger partial charge in [-0.3, -0.25) is 0 Å². The molecule has 0 aliphatic carbocycles. The SMILES string of the molecule is F/C=[C](/F)[Hg]. The zero-order valence-corrected chi connectivity index (χ0v) is 8.04. The quantitative estimate of drug-likeness (QED) is 0.578. The molecule has 0 nitrogen and oxygen atoms in total. The maximum atomic E-state index is 11.0. The van der Waals surface area contributed by atoms with Crippen molar-refractivity contribution in [3.05, 3.63) is 9.67 Å². The summed E-state index contributed by atoms with van der Waals surface area (Å²) in [5.74, 6) is 0. The second-order valence-electron chi connectivity index (χ2n) is 0.556. The number of hydrogen-bond donors (Lipinski definition) is 0. The van der Waals surface area contributed by atoms with Crippen LogP contribution < -0.4 is 0 Å². The van der Waals surface area contributed by atoms with Gasteiger partial charge in [-0.1, -0.05) is 0 Å². The van der Waals surface area contributed by atoms with Crippen LogP contribution in [0.15, 0.2) is 9.67 Å². The first-order valence-electron chi connectivity index (χ1n) is 1.05. The average molecular weight is 264 g/mol. The van der Waals surface area contributed by atoms with E-state index < -0.39 is 3.34 Å². The Morgan fingerprint density at radius 1 is 1.80 bits per heavy atom. The van der Waals surface area contributed by atoms with Crippen molar-refractivity contribution in [1.29, 1.82) is 0 Å². The van der Waals surface area contributed by atoms with Gasteiger partial charge < -0.3 is 0 Å². The van der Waals surface area contributed by atoms with E-state index in [0.717, 1.165) is 0 Å². The topological polar surface area (TPSA) is 0 Å². The van der Waals surface area contributed by atoms with Gasteiger partial charge in [-0.2, -0.15) is 0 Å². The summed E-state index contributed by atoms with van der Waals surface area (Å²) in [5, 5.41) is 0. The molecular weight excluding hydrogens is 263 g/mol. The van der Waals surface area contributed by atoms with Gasteiger partial charge in [-0.15, -0.1) is 0 Å². The Morgan fingerprint density at radius 3 is 2.00 bits per heavy atom. The van der Waals surface area contributed by atoms with Gasteiger partial charge in [0.2, 0.25) is 0 Å². The molecule has 0 heterocycles. The minimum absolute atomic E-state index is 0.00309. The Bertz CT molecular complexity index is 45.6. The second kappa shape index (κ2) is 2.76. The van der Waals surface area contributed by atoms with E-state index in [2.05, 4.69) is 0 Å². The molecule has 0 aliphatic heterocycles. The molecule has 0 aromatic carbocycles. The van der Waals surface area contributed by atoms with Gasteiger partial charge in [0, 0.05) is 0 Å². The van der Waals surface area contributed by atoms with Crippen molar-refractivity contribution in [2.75, 3.05) is 0 Å². The standard InChI is InChI=1S/C2HF2.Hg/c3-1-2-4;/h1H;. The van der Waals surface area contributed by atoms with E-state index in [-0.39, 0.29) is 32.5 Å². The minimum atomic E-state index is -0.593. The zero-order valence-electron chi connectivity index (χ0n) is 2.54. The number of rotatable bonds is 0. The molecular formula is C2HF2Hg. The molecule has 0 bridgehead atoms. The zero-order chi connectivity index (χ0) is 4.28. The van der Waals surface area contributed by atoms with E-state index in [9.17, 15) is 8.78 Å². The number of halogens is 2. The first kappa shape index (κ1) is 5.54. The molecule has 25 valence electrons. The normalized spacial score (nSPS) is 12.4. The van der Waals surface area contributed by atoms with Crippen LogP contribution in [0, 0.1) is 0 Å². The van der Waals surface area contributed by atoms with Gasteiger partial charge in [0.15, 0.2) is 0 Å². The molecule has 5 heavy (non-hydrogen) atoms. The van der Waals surface area contributed by atoms with Crippen molar-refractivity contribution in [2.24, 2.45) is 0 Å². The molecule has 0 fully saturated rings. The van der Waals surface area contributed by atoms with Gasteiger partial charge in [0.05, 0.1) is 0 Å². The molecule has 0 atom stereocenters. The first-order valence-corrected chi connectivity index (χ1v) is 3.80. The third kappa shape index (κ3) is 4.54. The van der Waals surface area contributed by atoms with Crippen LogP contribution in [-0.2, 0) is 26.1 Å². The van der Waals surface area contributed by atoms with Crippen LogP contribution in [0.2, 0.25) is 0 Å². The summed E-state index contributed by atoms with van der Waals surface area (Å²) in [7, 11) is 0. The third-order valence-electron chi connectivity index (χ3n) is 0.118. The first-order chi connectivity index (χ1) is 2.27. The van der Waals surface area contributed by atoms with Crippen LogP contribution in [0.25, 0.3) is 0 Å². The van der Waals surface area contributed by atoms with Crippen LogP contribution in [0.5, 0.6) is 0 Å². The van der Waals surface area contributed by atoms with Crippen molar-refractivity contribution in [1.82, 2.24) is 0 Å². The fraction of sp³-hybridized carbons (Fsp3) is 0. The van der Waals surface area contributed by atoms with Crippen LogP contribution in [-0.4, -0.2) is 0 Å². The second-order valence-corrected chi connectivity index (χ2v) is 3.18. The molecule has 0 saturated heterocycles. The van der Waals surface area contributed by atoms with Crippen LogP contribution in [0.4, 0.5) is 8.78 Å². The summed E-state index contributed by atoms with van der Waals surface area (Å²) < 4.78 is 21.0.